The molecular weight excluding hydrogens is 308 g/mol. The molecule has 0 aliphatic carbocycles. The lowest BCUT2D eigenvalue weighted by atomic mass is 10.0. The van der Waals surface area contributed by atoms with Crippen molar-refractivity contribution in [3.05, 3.63) is 95.1 Å². The summed E-state index contributed by atoms with van der Waals surface area (Å²) in [5, 5.41) is 0. The molecule has 0 fully saturated rings. The number of benzene rings is 3. The standard InChI is InChI=1S/C22H24N2O/c1-17-13-21(25-16-19-9-5-3-6-10-19)14-18(2)22(17)15-23-24-20-11-7-4-8-12-20/h3-14,23-24H,15-16H2,1-2H3. The number of ether oxygens (including phenoxy) is 1. The van der Waals surface area contributed by atoms with E-state index < -0.39 is 0 Å². The van der Waals surface area contributed by atoms with Gasteiger partial charge in [0.05, 0.1) is 0 Å². The van der Waals surface area contributed by atoms with Crippen molar-refractivity contribution < 1.29 is 4.74 Å². The fourth-order valence-corrected chi connectivity index (χ4v) is 2.81. The van der Waals surface area contributed by atoms with Crippen molar-refractivity contribution in [2.45, 2.75) is 27.0 Å². The number of anilines is 1. The Morgan fingerprint density at radius 2 is 1.40 bits per heavy atom. The van der Waals surface area contributed by atoms with Crippen LogP contribution in [0, 0.1) is 13.8 Å². The van der Waals surface area contributed by atoms with Gasteiger partial charge in [-0.3, -0.25) is 0 Å². The molecule has 0 amide bonds. The molecule has 0 spiro atoms. The molecule has 3 nitrogen and oxygen atoms in total. The molecule has 128 valence electrons. The predicted octanol–water partition coefficient (Wildman–Crippen LogP) is 5.00. The average molecular weight is 332 g/mol. The lowest BCUT2D eigenvalue weighted by Crippen LogP contribution is -2.21. The summed E-state index contributed by atoms with van der Waals surface area (Å²) in [6, 6.07) is 24.6. The summed E-state index contributed by atoms with van der Waals surface area (Å²) >= 11 is 0. The highest BCUT2D eigenvalue weighted by Crippen LogP contribution is 2.23. The maximum absolute atomic E-state index is 5.95. The lowest BCUT2D eigenvalue weighted by molar-refractivity contribution is 0.305. The topological polar surface area (TPSA) is 33.3 Å². The molecule has 0 saturated heterocycles. The normalized spacial score (nSPS) is 10.5. The molecule has 0 heterocycles. The molecule has 2 N–H and O–H groups in total. The summed E-state index contributed by atoms with van der Waals surface area (Å²) in [7, 11) is 0. The second kappa shape index (κ2) is 8.36. The first kappa shape index (κ1) is 17.1. The Balaban J connectivity index is 1.59. The van der Waals surface area contributed by atoms with Crippen LogP contribution in [0.3, 0.4) is 0 Å². The Morgan fingerprint density at radius 1 is 0.800 bits per heavy atom. The van der Waals surface area contributed by atoms with Gasteiger partial charge < -0.3 is 10.2 Å². The van der Waals surface area contributed by atoms with Crippen LogP contribution < -0.4 is 15.6 Å². The average Bonchev–Trinajstić information content (AvgIpc) is 2.64. The summed E-state index contributed by atoms with van der Waals surface area (Å²) in [4.78, 5) is 0. The highest BCUT2D eigenvalue weighted by molar-refractivity contribution is 5.43. The zero-order valence-corrected chi connectivity index (χ0v) is 14.8. The number of hydrogen-bond donors (Lipinski definition) is 2. The Kier molecular flexibility index (Phi) is 5.70. The van der Waals surface area contributed by atoms with Crippen LogP contribution in [0.1, 0.15) is 22.3 Å². The van der Waals surface area contributed by atoms with Gasteiger partial charge in [-0.15, -0.1) is 0 Å². The van der Waals surface area contributed by atoms with E-state index in [1.807, 2.05) is 48.5 Å². The minimum absolute atomic E-state index is 0.590. The number of hydrogen-bond acceptors (Lipinski definition) is 3. The van der Waals surface area contributed by atoms with Gasteiger partial charge in [-0.1, -0.05) is 48.5 Å². The maximum Gasteiger partial charge on any atom is 0.120 e. The second-order valence-corrected chi connectivity index (χ2v) is 6.15. The van der Waals surface area contributed by atoms with Crippen molar-refractivity contribution in [3.63, 3.8) is 0 Å². The third kappa shape index (κ3) is 4.85. The Morgan fingerprint density at radius 3 is 2.04 bits per heavy atom. The second-order valence-electron chi connectivity index (χ2n) is 6.15. The highest BCUT2D eigenvalue weighted by Gasteiger charge is 2.06. The lowest BCUT2D eigenvalue weighted by Gasteiger charge is -2.15. The van der Waals surface area contributed by atoms with E-state index >= 15 is 0 Å². The van der Waals surface area contributed by atoms with E-state index in [1.165, 1.54) is 22.3 Å². The molecule has 0 aliphatic heterocycles. The van der Waals surface area contributed by atoms with E-state index in [-0.39, 0.29) is 0 Å². The number of nitrogens with one attached hydrogen (secondary N) is 2. The molecule has 3 aromatic carbocycles. The van der Waals surface area contributed by atoms with Crippen LogP contribution in [0.5, 0.6) is 5.75 Å². The van der Waals surface area contributed by atoms with Gasteiger partial charge in [-0.05, 0) is 60.4 Å². The van der Waals surface area contributed by atoms with Crippen LogP contribution in [-0.2, 0) is 13.2 Å². The van der Waals surface area contributed by atoms with Crippen molar-refractivity contribution in [2.24, 2.45) is 0 Å². The van der Waals surface area contributed by atoms with Gasteiger partial charge in [0, 0.05) is 12.2 Å². The van der Waals surface area contributed by atoms with Crippen LogP contribution in [0.15, 0.2) is 72.8 Å². The first-order chi connectivity index (χ1) is 12.2. The van der Waals surface area contributed by atoms with Gasteiger partial charge in [-0.25, -0.2) is 5.43 Å². The molecule has 0 aromatic heterocycles. The number of para-hydroxylation sites is 1. The van der Waals surface area contributed by atoms with E-state index in [0.717, 1.165) is 18.0 Å². The van der Waals surface area contributed by atoms with Gasteiger partial charge in [0.15, 0.2) is 0 Å². The zero-order valence-electron chi connectivity index (χ0n) is 14.8. The van der Waals surface area contributed by atoms with Gasteiger partial charge in [0.2, 0.25) is 0 Å². The smallest absolute Gasteiger partial charge is 0.120 e. The van der Waals surface area contributed by atoms with Crippen molar-refractivity contribution in [1.82, 2.24) is 5.43 Å². The van der Waals surface area contributed by atoms with E-state index in [1.54, 1.807) is 0 Å². The summed E-state index contributed by atoms with van der Waals surface area (Å²) in [5.74, 6) is 0.915. The van der Waals surface area contributed by atoms with E-state index in [4.69, 9.17) is 4.74 Å². The third-order valence-electron chi connectivity index (χ3n) is 4.19. The summed E-state index contributed by atoms with van der Waals surface area (Å²) in [6.45, 7) is 5.60. The fraction of sp³-hybridized carbons (Fsp3) is 0.182. The summed E-state index contributed by atoms with van der Waals surface area (Å²) in [5.41, 5.74) is 12.5. The molecule has 3 rings (SSSR count). The number of rotatable bonds is 7. The summed E-state index contributed by atoms with van der Waals surface area (Å²) < 4.78 is 5.95. The molecule has 0 aliphatic rings. The van der Waals surface area contributed by atoms with Crippen molar-refractivity contribution in [2.75, 3.05) is 5.43 Å². The first-order valence-corrected chi connectivity index (χ1v) is 8.53. The van der Waals surface area contributed by atoms with Crippen molar-refractivity contribution in [3.8, 4) is 5.75 Å². The molecular formula is C22H24N2O. The molecule has 0 atom stereocenters. The highest BCUT2D eigenvalue weighted by atomic mass is 16.5. The van der Waals surface area contributed by atoms with Crippen LogP contribution in [0.4, 0.5) is 5.69 Å². The van der Waals surface area contributed by atoms with Gasteiger partial charge >= 0.3 is 0 Å². The Bertz CT molecular complexity index is 778. The zero-order chi connectivity index (χ0) is 17.5. The van der Waals surface area contributed by atoms with E-state index in [0.29, 0.717) is 6.61 Å². The maximum atomic E-state index is 5.95. The fourth-order valence-electron chi connectivity index (χ4n) is 2.81. The van der Waals surface area contributed by atoms with Crippen LogP contribution in [0.2, 0.25) is 0 Å². The van der Waals surface area contributed by atoms with Gasteiger partial charge in [-0.2, -0.15) is 0 Å². The molecule has 25 heavy (non-hydrogen) atoms. The van der Waals surface area contributed by atoms with Crippen molar-refractivity contribution >= 4 is 5.69 Å². The Hall–Kier alpha value is -2.78. The monoisotopic (exact) mass is 332 g/mol. The van der Waals surface area contributed by atoms with E-state index in [2.05, 4.69) is 49.0 Å². The Labute approximate surface area is 149 Å². The van der Waals surface area contributed by atoms with Crippen LogP contribution in [-0.4, -0.2) is 0 Å². The van der Waals surface area contributed by atoms with Gasteiger partial charge in [0.1, 0.15) is 12.4 Å². The molecule has 0 unspecified atom stereocenters. The molecule has 0 radical (unpaired) electrons. The molecule has 3 heteroatoms. The minimum atomic E-state index is 0.590. The minimum Gasteiger partial charge on any atom is -0.489 e. The van der Waals surface area contributed by atoms with Crippen LogP contribution in [0.25, 0.3) is 0 Å². The number of aryl methyl sites for hydroxylation is 2. The quantitative estimate of drug-likeness (QED) is 0.597. The molecule has 0 bridgehead atoms. The molecule has 3 aromatic rings. The molecule has 0 saturated carbocycles. The predicted molar refractivity (Wildman–Crippen MR) is 104 cm³/mol. The number of hydrazine groups is 1. The third-order valence-corrected chi connectivity index (χ3v) is 4.19. The first-order valence-electron chi connectivity index (χ1n) is 8.53. The van der Waals surface area contributed by atoms with Gasteiger partial charge in [0.25, 0.3) is 0 Å². The van der Waals surface area contributed by atoms with Crippen LogP contribution >= 0.6 is 0 Å². The summed E-state index contributed by atoms with van der Waals surface area (Å²) in [6.07, 6.45) is 0. The SMILES string of the molecule is Cc1cc(OCc2ccccc2)cc(C)c1CNNc1ccccc1. The van der Waals surface area contributed by atoms with Crippen molar-refractivity contribution in [1.29, 1.82) is 0 Å². The largest absolute Gasteiger partial charge is 0.489 e. The van der Waals surface area contributed by atoms with E-state index in [9.17, 15) is 0 Å².